The van der Waals surface area contributed by atoms with E-state index >= 15 is 0 Å². The largest absolute Gasteiger partial charge is 0.535 e. The van der Waals surface area contributed by atoms with Crippen molar-refractivity contribution in [3.63, 3.8) is 0 Å². The van der Waals surface area contributed by atoms with Crippen molar-refractivity contribution >= 4 is 19.1 Å². The van der Waals surface area contributed by atoms with Crippen molar-refractivity contribution in [1.82, 2.24) is 0 Å². The SMILES string of the molecule is CC(=O)OCOC(=O)c1c(F)ccc2c1OB(O)[C@@H]1CC21. The van der Waals surface area contributed by atoms with E-state index in [-0.39, 0.29) is 23.0 Å². The molecular weight excluding hydrogens is 282 g/mol. The van der Waals surface area contributed by atoms with Crippen LogP contribution in [0.15, 0.2) is 12.1 Å². The molecule has 1 unspecified atom stereocenters. The summed E-state index contributed by atoms with van der Waals surface area (Å²) in [6, 6.07) is 2.71. The molecule has 110 valence electrons. The molecular formula is C13H12BFO6. The lowest BCUT2D eigenvalue weighted by Crippen LogP contribution is -2.28. The molecule has 0 spiro atoms. The summed E-state index contributed by atoms with van der Waals surface area (Å²) in [4.78, 5) is 22.5. The monoisotopic (exact) mass is 294 g/mol. The first-order valence-corrected chi connectivity index (χ1v) is 6.46. The maximum absolute atomic E-state index is 13.9. The van der Waals surface area contributed by atoms with Crippen molar-refractivity contribution in [3.05, 3.63) is 29.1 Å². The van der Waals surface area contributed by atoms with Gasteiger partial charge in [0.1, 0.15) is 17.1 Å². The van der Waals surface area contributed by atoms with Gasteiger partial charge in [-0.25, -0.2) is 9.18 Å². The molecule has 2 atom stereocenters. The van der Waals surface area contributed by atoms with E-state index in [1.165, 1.54) is 0 Å². The number of hydrogen-bond donors (Lipinski definition) is 1. The van der Waals surface area contributed by atoms with Crippen LogP contribution in [0.5, 0.6) is 5.75 Å². The van der Waals surface area contributed by atoms with E-state index in [1.54, 1.807) is 6.07 Å². The van der Waals surface area contributed by atoms with Crippen molar-refractivity contribution in [1.29, 1.82) is 0 Å². The average Bonchev–Trinajstić information content (AvgIpc) is 3.19. The van der Waals surface area contributed by atoms with Gasteiger partial charge in [-0.2, -0.15) is 0 Å². The zero-order chi connectivity index (χ0) is 15.1. The number of esters is 2. The van der Waals surface area contributed by atoms with Gasteiger partial charge in [-0.1, -0.05) is 6.07 Å². The standard InChI is InChI=1S/C13H12BFO6/c1-6(16)19-5-20-13(17)11-10(15)3-2-7-8-4-9(8)14(18)21-12(7)11/h2-3,8-9,18H,4-5H2,1H3/t8?,9-/m1/s1. The molecule has 1 saturated carbocycles. The maximum atomic E-state index is 13.9. The van der Waals surface area contributed by atoms with Crippen molar-refractivity contribution in [2.75, 3.05) is 6.79 Å². The van der Waals surface area contributed by atoms with Crippen molar-refractivity contribution < 1.29 is 33.1 Å². The second-order valence-corrected chi connectivity index (χ2v) is 5.04. The van der Waals surface area contributed by atoms with Crippen LogP contribution >= 0.6 is 0 Å². The molecule has 0 radical (unpaired) electrons. The third-order valence-corrected chi connectivity index (χ3v) is 3.64. The molecule has 0 aromatic heterocycles. The highest BCUT2D eigenvalue weighted by molar-refractivity contribution is 6.48. The molecule has 0 bridgehead atoms. The summed E-state index contributed by atoms with van der Waals surface area (Å²) in [6.45, 7) is 0.553. The Morgan fingerprint density at radius 3 is 2.95 bits per heavy atom. The highest BCUT2D eigenvalue weighted by Crippen LogP contribution is 2.60. The fourth-order valence-corrected chi connectivity index (χ4v) is 2.52. The van der Waals surface area contributed by atoms with E-state index in [1.807, 2.05) is 0 Å². The average molecular weight is 294 g/mol. The minimum atomic E-state index is -1.05. The number of benzene rings is 1. The van der Waals surface area contributed by atoms with Crippen molar-refractivity contribution in [2.45, 2.75) is 25.1 Å². The van der Waals surface area contributed by atoms with Gasteiger partial charge in [0, 0.05) is 12.7 Å². The second kappa shape index (κ2) is 5.03. The van der Waals surface area contributed by atoms with E-state index in [0.29, 0.717) is 5.56 Å². The van der Waals surface area contributed by atoms with Crippen molar-refractivity contribution in [3.8, 4) is 5.75 Å². The fraction of sp³-hybridized carbons (Fsp3) is 0.385. The first-order valence-electron chi connectivity index (χ1n) is 6.46. The van der Waals surface area contributed by atoms with Gasteiger partial charge < -0.3 is 19.2 Å². The number of carbonyl (C=O) groups excluding carboxylic acids is 2. The number of halogens is 1. The van der Waals surface area contributed by atoms with Gasteiger partial charge in [-0.05, 0) is 24.0 Å². The number of ether oxygens (including phenoxy) is 2. The van der Waals surface area contributed by atoms with E-state index in [4.69, 9.17) is 4.65 Å². The van der Waals surface area contributed by atoms with E-state index in [0.717, 1.165) is 19.4 Å². The molecule has 8 heteroatoms. The highest BCUT2D eigenvalue weighted by Gasteiger charge is 2.54. The number of carbonyl (C=O) groups is 2. The predicted molar refractivity (Wildman–Crippen MR) is 68.2 cm³/mol. The van der Waals surface area contributed by atoms with E-state index in [2.05, 4.69) is 9.47 Å². The Kier molecular flexibility index (Phi) is 3.33. The molecule has 2 aliphatic rings. The summed E-state index contributed by atoms with van der Waals surface area (Å²) in [6.07, 6.45) is 0.738. The lowest BCUT2D eigenvalue weighted by Gasteiger charge is -2.21. The Labute approximate surface area is 119 Å². The van der Waals surface area contributed by atoms with Crippen LogP contribution in [0.4, 0.5) is 4.39 Å². The van der Waals surface area contributed by atoms with Crippen LogP contribution in [0.25, 0.3) is 0 Å². The van der Waals surface area contributed by atoms with Crippen molar-refractivity contribution in [2.24, 2.45) is 0 Å². The lowest BCUT2D eigenvalue weighted by molar-refractivity contribution is -0.149. The Bertz CT molecular complexity index is 619. The molecule has 1 aliphatic heterocycles. The van der Waals surface area contributed by atoms with Crippen LogP contribution in [0.1, 0.15) is 35.2 Å². The molecule has 1 fully saturated rings. The third kappa shape index (κ3) is 2.46. The molecule has 1 aliphatic carbocycles. The topological polar surface area (TPSA) is 82.1 Å². The van der Waals surface area contributed by atoms with E-state index < -0.39 is 31.7 Å². The lowest BCUT2D eigenvalue weighted by atomic mass is 9.77. The van der Waals surface area contributed by atoms with Gasteiger partial charge >= 0.3 is 19.1 Å². The van der Waals surface area contributed by atoms with E-state index in [9.17, 15) is 19.0 Å². The minimum Gasteiger partial charge on any atom is -0.535 e. The van der Waals surface area contributed by atoms with Crippen LogP contribution in [-0.2, 0) is 14.3 Å². The molecule has 1 aromatic carbocycles. The summed E-state index contributed by atoms with van der Waals surface area (Å²) >= 11 is 0. The first kappa shape index (κ1) is 13.9. The smallest absolute Gasteiger partial charge is 0.526 e. The van der Waals surface area contributed by atoms with Crippen LogP contribution in [0, 0.1) is 5.82 Å². The Balaban J connectivity index is 1.86. The van der Waals surface area contributed by atoms with Gasteiger partial charge in [-0.3, -0.25) is 4.79 Å². The van der Waals surface area contributed by atoms with Gasteiger partial charge in [0.05, 0.1) is 0 Å². The number of hydrogen-bond acceptors (Lipinski definition) is 6. The zero-order valence-corrected chi connectivity index (χ0v) is 11.2. The van der Waals surface area contributed by atoms with Gasteiger partial charge in [0.15, 0.2) is 0 Å². The summed E-state index contributed by atoms with van der Waals surface area (Å²) in [5.41, 5.74) is 0.301. The first-order chi connectivity index (χ1) is 9.99. The number of fused-ring (bicyclic) bond motifs is 3. The maximum Gasteiger partial charge on any atom is 0.526 e. The molecule has 21 heavy (non-hydrogen) atoms. The van der Waals surface area contributed by atoms with Gasteiger partial charge in [0.2, 0.25) is 6.79 Å². The molecule has 1 heterocycles. The predicted octanol–water partition coefficient (Wildman–Crippen LogP) is 1.23. The van der Waals surface area contributed by atoms with Gasteiger partial charge in [-0.15, -0.1) is 0 Å². The Morgan fingerprint density at radius 1 is 1.48 bits per heavy atom. The quantitative estimate of drug-likeness (QED) is 0.513. The Morgan fingerprint density at radius 2 is 2.24 bits per heavy atom. The molecule has 6 nitrogen and oxygen atoms in total. The van der Waals surface area contributed by atoms with Gasteiger partial charge in [0.25, 0.3) is 0 Å². The highest BCUT2D eigenvalue weighted by atomic mass is 19.1. The summed E-state index contributed by atoms with van der Waals surface area (Å²) in [5, 5.41) is 9.75. The molecule has 1 aromatic rings. The summed E-state index contributed by atoms with van der Waals surface area (Å²) in [7, 11) is -1.05. The second-order valence-electron chi connectivity index (χ2n) is 5.04. The third-order valence-electron chi connectivity index (χ3n) is 3.64. The van der Waals surface area contributed by atoms with Crippen LogP contribution < -0.4 is 4.65 Å². The summed E-state index contributed by atoms with van der Waals surface area (Å²) < 4.78 is 28.3. The summed E-state index contributed by atoms with van der Waals surface area (Å²) in [5.74, 6) is -2.36. The molecule has 0 saturated heterocycles. The molecule has 1 N–H and O–H groups in total. The zero-order valence-electron chi connectivity index (χ0n) is 11.2. The van der Waals surface area contributed by atoms with Crippen LogP contribution in [0.3, 0.4) is 0 Å². The molecule has 3 rings (SSSR count). The molecule has 0 amide bonds. The van der Waals surface area contributed by atoms with Crippen LogP contribution in [0.2, 0.25) is 5.82 Å². The minimum absolute atomic E-state index is 0.00659. The Hall–Kier alpha value is -2.09. The fourth-order valence-electron chi connectivity index (χ4n) is 2.52. The number of rotatable bonds is 3. The normalized spacial score (nSPS) is 21.8. The van der Waals surface area contributed by atoms with Crippen LogP contribution in [-0.4, -0.2) is 30.9 Å².